The lowest BCUT2D eigenvalue weighted by Gasteiger charge is -2.06. The molecule has 1 aliphatic rings. The summed E-state index contributed by atoms with van der Waals surface area (Å²) < 4.78 is 10.6. The summed E-state index contributed by atoms with van der Waals surface area (Å²) in [7, 11) is 0. The molecular formula is C22H18N2O3. The van der Waals surface area contributed by atoms with Crippen molar-refractivity contribution in [1.82, 2.24) is 4.98 Å². The second-order valence-electron chi connectivity index (χ2n) is 6.60. The lowest BCUT2D eigenvalue weighted by Crippen LogP contribution is -2.11. The lowest BCUT2D eigenvalue weighted by atomic mass is 10.1. The zero-order valence-electron chi connectivity index (χ0n) is 14.8. The number of amides is 1. The molecule has 4 aromatic rings. The largest absolute Gasteiger partial charge is 0.454 e. The predicted octanol–water partition coefficient (Wildman–Crippen LogP) is 4.86. The molecule has 134 valence electrons. The third kappa shape index (κ3) is 2.59. The molecule has 0 spiro atoms. The number of hydrogen-bond donors (Lipinski definition) is 2. The molecule has 5 rings (SSSR count). The zero-order valence-corrected chi connectivity index (χ0v) is 14.8. The summed E-state index contributed by atoms with van der Waals surface area (Å²) in [4.78, 5) is 16.1. The van der Waals surface area contributed by atoms with Gasteiger partial charge in [-0.3, -0.25) is 4.79 Å². The number of H-pyrrole nitrogens is 1. The number of fused-ring (bicyclic) bond motifs is 4. The van der Waals surface area contributed by atoms with Crippen molar-refractivity contribution < 1.29 is 14.3 Å². The van der Waals surface area contributed by atoms with E-state index in [1.165, 1.54) is 10.9 Å². The van der Waals surface area contributed by atoms with E-state index >= 15 is 0 Å². The SMILES string of the molecule is CCc1cccc2c1[nH]c1cc(NC(=O)c3ccc4c(c3)OCO4)ccc12. The minimum absolute atomic E-state index is 0.182. The normalized spacial score (nSPS) is 12.6. The summed E-state index contributed by atoms with van der Waals surface area (Å²) >= 11 is 0. The van der Waals surface area contributed by atoms with Gasteiger partial charge in [-0.2, -0.15) is 0 Å². The van der Waals surface area contributed by atoms with Crippen LogP contribution >= 0.6 is 0 Å². The van der Waals surface area contributed by atoms with Gasteiger partial charge in [-0.1, -0.05) is 31.2 Å². The quantitative estimate of drug-likeness (QED) is 0.549. The van der Waals surface area contributed by atoms with E-state index in [0.29, 0.717) is 17.1 Å². The number of carbonyl (C=O) groups is 1. The van der Waals surface area contributed by atoms with Crippen molar-refractivity contribution >= 4 is 33.4 Å². The van der Waals surface area contributed by atoms with Crippen molar-refractivity contribution in [2.24, 2.45) is 0 Å². The van der Waals surface area contributed by atoms with Crippen LogP contribution in [0.25, 0.3) is 21.8 Å². The number of para-hydroxylation sites is 1. The predicted molar refractivity (Wildman–Crippen MR) is 106 cm³/mol. The summed E-state index contributed by atoms with van der Waals surface area (Å²) in [5, 5.41) is 5.32. The maximum atomic E-state index is 12.6. The average Bonchev–Trinajstić information content (AvgIpc) is 3.30. The molecule has 0 bridgehead atoms. The fourth-order valence-corrected chi connectivity index (χ4v) is 3.60. The zero-order chi connectivity index (χ0) is 18.4. The number of benzene rings is 3. The fourth-order valence-electron chi connectivity index (χ4n) is 3.60. The first-order valence-electron chi connectivity index (χ1n) is 8.97. The van der Waals surface area contributed by atoms with Crippen molar-refractivity contribution in [2.45, 2.75) is 13.3 Å². The van der Waals surface area contributed by atoms with Crippen LogP contribution in [0.4, 0.5) is 5.69 Å². The Morgan fingerprint density at radius 2 is 1.93 bits per heavy atom. The number of nitrogens with one attached hydrogen (secondary N) is 2. The molecule has 2 heterocycles. The highest BCUT2D eigenvalue weighted by molar-refractivity contribution is 6.10. The summed E-state index contributed by atoms with van der Waals surface area (Å²) in [5.41, 5.74) is 4.73. The molecule has 1 amide bonds. The molecule has 3 aromatic carbocycles. The molecule has 1 aromatic heterocycles. The molecule has 27 heavy (non-hydrogen) atoms. The number of aryl methyl sites for hydroxylation is 1. The van der Waals surface area contributed by atoms with Crippen molar-refractivity contribution in [3.05, 3.63) is 65.7 Å². The second-order valence-corrected chi connectivity index (χ2v) is 6.60. The fraction of sp³-hybridized carbons (Fsp3) is 0.136. The Balaban J connectivity index is 1.48. The van der Waals surface area contributed by atoms with Crippen LogP contribution in [0, 0.1) is 0 Å². The summed E-state index contributed by atoms with van der Waals surface area (Å²) in [5.74, 6) is 1.08. The lowest BCUT2D eigenvalue weighted by molar-refractivity contribution is 0.102. The van der Waals surface area contributed by atoms with Gasteiger partial charge < -0.3 is 19.8 Å². The first-order chi connectivity index (χ1) is 13.2. The van der Waals surface area contributed by atoms with Gasteiger partial charge in [-0.05, 0) is 42.3 Å². The molecular weight excluding hydrogens is 340 g/mol. The molecule has 0 saturated heterocycles. The van der Waals surface area contributed by atoms with Gasteiger partial charge in [0.1, 0.15) is 0 Å². The molecule has 0 saturated carbocycles. The Morgan fingerprint density at radius 3 is 2.81 bits per heavy atom. The van der Waals surface area contributed by atoms with E-state index in [0.717, 1.165) is 28.5 Å². The van der Waals surface area contributed by atoms with E-state index in [-0.39, 0.29) is 12.7 Å². The van der Waals surface area contributed by atoms with Crippen LogP contribution in [0.15, 0.2) is 54.6 Å². The van der Waals surface area contributed by atoms with Gasteiger partial charge >= 0.3 is 0 Å². The number of hydrogen-bond acceptors (Lipinski definition) is 3. The molecule has 5 nitrogen and oxygen atoms in total. The molecule has 0 fully saturated rings. The molecule has 0 aliphatic carbocycles. The third-order valence-electron chi connectivity index (χ3n) is 4.99. The number of aromatic nitrogens is 1. The minimum Gasteiger partial charge on any atom is -0.454 e. The number of rotatable bonds is 3. The van der Waals surface area contributed by atoms with Gasteiger partial charge in [-0.15, -0.1) is 0 Å². The number of ether oxygens (including phenoxy) is 2. The highest BCUT2D eigenvalue weighted by Crippen LogP contribution is 2.33. The maximum absolute atomic E-state index is 12.6. The van der Waals surface area contributed by atoms with E-state index in [1.807, 2.05) is 18.2 Å². The van der Waals surface area contributed by atoms with Gasteiger partial charge in [-0.25, -0.2) is 0 Å². The summed E-state index contributed by atoms with van der Waals surface area (Å²) in [6.07, 6.45) is 0.970. The van der Waals surface area contributed by atoms with Crippen LogP contribution in [0.3, 0.4) is 0 Å². The van der Waals surface area contributed by atoms with Crippen molar-refractivity contribution in [2.75, 3.05) is 12.1 Å². The highest BCUT2D eigenvalue weighted by Gasteiger charge is 2.16. The Bertz CT molecular complexity index is 1190. The van der Waals surface area contributed by atoms with Crippen LogP contribution in [-0.4, -0.2) is 17.7 Å². The molecule has 0 unspecified atom stereocenters. The number of anilines is 1. The smallest absolute Gasteiger partial charge is 0.255 e. The van der Waals surface area contributed by atoms with Gasteiger partial charge in [0.15, 0.2) is 11.5 Å². The van der Waals surface area contributed by atoms with E-state index < -0.39 is 0 Å². The Kier molecular flexibility index (Phi) is 3.53. The molecule has 0 radical (unpaired) electrons. The molecule has 1 aliphatic heterocycles. The molecule has 2 N–H and O–H groups in total. The van der Waals surface area contributed by atoms with Crippen LogP contribution in [0.1, 0.15) is 22.8 Å². The molecule has 5 heteroatoms. The topological polar surface area (TPSA) is 63.4 Å². The van der Waals surface area contributed by atoms with E-state index in [2.05, 4.69) is 35.4 Å². The summed E-state index contributed by atoms with van der Waals surface area (Å²) in [6.45, 7) is 2.34. The van der Waals surface area contributed by atoms with Gasteiger partial charge in [0.05, 0.1) is 0 Å². The first-order valence-corrected chi connectivity index (χ1v) is 8.97. The Labute approximate surface area is 155 Å². The van der Waals surface area contributed by atoms with E-state index in [1.54, 1.807) is 18.2 Å². The van der Waals surface area contributed by atoms with Crippen LogP contribution < -0.4 is 14.8 Å². The van der Waals surface area contributed by atoms with Crippen molar-refractivity contribution in [3.63, 3.8) is 0 Å². The van der Waals surface area contributed by atoms with Gasteiger partial charge in [0.2, 0.25) is 6.79 Å². The van der Waals surface area contributed by atoms with Crippen molar-refractivity contribution in [3.8, 4) is 11.5 Å². The second kappa shape index (κ2) is 6.06. The first kappa shape index (κ1) is 15.8. The monoisotopic (exact) mass is 358 g/mol. The van der Waals surface area contributed by atoms with Gasteiger partial charge in [0, 0.05) is 33.1 Å². The number of aromatic amines is 1. The van der Waals surface area contributed by atoms with E-state index in [4.69, 9.17) is 9.47 Å². The van der Waals surface area contributed by atoms with Crippen molar-refractivity contribution in [1.29, 1.82) is 0 Å². The molecule has 0 atom stereocenters. The Hall–Kier alpha value is -3.47. The van der Waals surface area contributed by atoms with Crippen LogP contribution in [0.2, 0.25) is 0 Å². The minimum atomic E-state index is -0.182. The average molecular weight is 358 g/mol. The Morgan fingerprint density at radius 1 is 1.04 bits per heavy atom. The standard InChI is InChI=1S/C22H18N2O3/c1-2-13-4-3-5-17-16-8-7-15(11-18(16)24-21(13)17)23-22(25)14-6-9-19-20(10-14)27-12-26-19/h3-11,24H,2,12H2,1H3,(H,23,25). The van der Waals surface area contributed by atoms with Crippen LogP contribution in [0.5, 0.6) is 11.5 Å². The van der Waals surface area contributed by atoms with Crippen LogP contribution in [-0.2, 0) is 6.42 Å². The number of carbonyl (C=O) groups excluding carboxylic acids is 1. The highest BCUT2D eigenvalue weighted by atomic mass is 16.7. The summed E-state index contributed by atoms with van der Waals surface area (Å²) in [6, 6.07) is 17.5. The maximum Gasteiger partial charge on any atom is 0.255 e. The van der Waals surface area contributed by atoms with E-state index in [9.17, 15) is 4.79 Å². The third-order valence-corrected chi connectivity index (χ3v) is 4.99. The van der Waals surface area contributed by atoms with Gasteiger partial charge in [0.25, 0.3) is 5.91 Å².